The third-order valence-electron chi connectivity index (χ3n) is 2.02. The maximum absolute atomic E-state index is 12.4. The van der Waals surface area contributed by atoms with E-state index in [1.165, 1.54) is 11.6 Å². The van der Waals surface area contributed by atoms with E-state index in [-0.39, 0.29) is 10.8 Å². The summed E-state index contributed by atoms with van der Waals surface area (Å²) in [6.07, 6.45) is 0. The summed E-state index contributed by atoms with van der Waals surface area (Å²) in [6, 6.07) is 14.9. The van der Waals surface area contributed by atoms with E-state index in [9.17, 15) is 4.39 Å². The van der Waals surface area contributed by atoms with Crippen LogP contribution in [0.15, 0.2) is 48.5 Å². The van der Waals surface area contributed by atoms with Crippen molar-refractivity contribution in [3.63, 3.8) is 0 Å². The molecule has 0 N–H and O–H groups in total. The molecule has 84 valence electrons. The average Bonchev–Trinajstić information content (AvgIpc) is 2.26. The molecule has 2 aromatic rings. The molecule has 0 amide bonds. The summed E-state index contributed by atoms with van der Waals surface area (Å²) in [5, 5.41) is 0.190. The first-order valence-electron chi connectivity index (χ1n) is 5.03. The first-order valence-corrected chi connectivity index (χ1v) is 5.40. The monoisotopic (exact) mass is 236 g/mol. The Kier molecular flexibility index (Phi) is 5.00. The summed E-state index contributed by atoms with van der Waals surface area (Å²) in [5.74, 6) is -0.359. The second-order valence-electron chi connectivity index (χ2n) is 3.57. The zero-order valence-electron chi connectivity index (χ0n) is 9.37. The van der Waals surface area contributed by atoms with Crippen molar-refractivity contribution in [2.45, 2.75) is 13.8 Å². The molecular formula is C14H14ClF. The summed E-state index contributed by atoms with van der Waals surface area (Å²) in [5.41, 5.74) is 2.30. The van der Waals surface area contributed by atoms with Crippen LogP contribution in [0.2, 0.25) is 5.02 Å². The summed E-state index contributed by atoms with van der Waals surface area (Å²) in [7, 11) is 0. The lowest BCUT2D eigenvalue weighted by molar-refractivity contribution is 0.628. The molecule has 0 bridgehead atoms. The van der Waals surface area contributed by atoms with Crippen LogP contribution in [0.4, 0.5) is 4.39 Å². The molecule has 0 saturated carbocycles. The molecule has 0 nitrogen and oxygen atoms in total. The summed E-state index contributed by atoms with van der Waals surface area (Å²) < 4.78 is 12.4. The first kappa shape index (κ1) is 12.7. The number of benzene rings is 2. The van der Waals surface area contributed by atoms with Crippen LogP contribution in [0.5, 0.6) is 0 Å². The largest absolute Gasteiger partial charge is 0.205 e. The van der Waals surface area contributed by atoms with Gasteiger partial charge in [-0.25, -0.2) is 4.39 Å². The molecule has 0 spiro atoms. The molecule has 0 aliphatic rings. The van der Waals surface area contributed by atoms with E-state index in [2.05, 4.69) is 19.1 Å². The average molecular weight is 237 g/mol. The lowest BCUT2D eigenvalue weighted by Crippen LogP contribution is -1.76. The molecule has 0 aromatic heterocycles. The Labute approximate surface area is 101 Å². The lowest BCUT2D eigenvalue weighted by Gasteiger charge is -1.93. The van der Waals surface area contributed by atoms with Crippen LogP contribution in [-0.2, 0) is 0 Å². The summed E-state index contributed by atoms with van der Waals surface area (Å²) >= 11 is 5.44. The highest BCUT2D eigenvalue weighted by Gasteiger charge is 1.95. The van der Waals surface area contributed by atoms with E-state index in [0.29, 0.717) is 0 Å². The van der Waals surface area contributed by atoms with Gasteiger partial charge in [-0.1, -0.05) is 53.6 Å². The third kappa shape index (κ3) is 4.45. The van der Waals surface area contributed by atoms with Crippen LogP contribution in [0.25, 0.3) is 0 Å². The van der Waals surface area contributed by atoms with Crippen LogP contribution in [0, 0.1) is 19.7 Å². The van der Waals surface area contributed by atoms with E-state index in [4.69, 9.17) is 11.6 Å². The molecule has 0 aliphatic heterocycles. The standard InChI is InChI=1S/C7H6ClF.C7H8/c1-5-2-3-7(9)6(8)4-5;1-7-5-3-2-4-6-7/h2-4H,1H3;2-6H,1H3. The lowest BCUT2D eigenvalue weighted by atomic mass is 10.2. The highest BCUT2D eigenvalue weighted by Crippen LogP contribution is 2.14. The quantitative estimate of drug-likeness (QED) is 0.617. The summed E-state index contributed by atoms with van der Waals surface area (Å²) in [4.78, 5) is 0. The fourth-order valence-electron chi connectivity index (χ4n) is 1.14. The van der Waals surface area contributed by atoms with Gasteiger partial charge in [0.25, 0.3) is 0 Å². The first-order chi connectivity index (χ1) is 7.59. The molecule has 0 aliphatic carbocycles. The van der Waals surface area contributed by atoms with Crippen molar-refractivity contribution < 1.29 is 4.39 Å². The Bertz CT molecular complexity index is 438. The fraction of sp³-hybridized carbons (Fsp3) is 0.143. The van der Waals surface area contributed by atoms with Gasteiger partial charge in [0.05, 0.1) is 5.02 Å². The minimum Gasteiger partial charge on any atom is -0.205 e. The molecule has 0 radical (unpaired) electrons. The van der Waals surface area contributed by atoms with Crippen LogP contribution >= 0.6 is 11.6 Å². The molecule has 0 fully saturated rings. The molecule has 0 saturated heterocycles. The van der Waals surface area contributed by atoms with E-state index < -0.39 is 0 Å². The Morgan fingerprint density at radius 1 is 0.875 bits per heavy atom. The van der Waals surface area contributed by atoms with Gasteiger partial charge in [-0.2, -0.15) is 0 Å². The van der Waals surface area contributed by atoms with Gasteiger partial charge in [-0.3, -0.25) is 0 Å². The van der Waals surface area contributed by atoms with Crippen LogP contribution in [0.3, 0.4) is 0 Å². The maximum atomic E-state index is 12.4. The molecule has 2 heteroatoms. The third-order valence-corrected chi connectivity index (χ3v) is 2.31. The molecular weight excluding hydrogens is 223 g/mol. The number of aryl methyl sites for hydroxylation is 2. The minimum absolute atomic E-state index is 0.190. The highest BCUT2D eigenvalue weighted by atomic mass is 35.5. The molecule has 0 unspecified atom stereocenters. The number of hydrogen-bond acceptors (Lipinski definition) is 0. The minimum atomic E-state index is -0.359. The van der Waals surface area contributed by atoms with E-state index in [1.54, 1.807) is 12.1 Å². The van der Waals surface area contributed by atoms with Gasteiger partial charge in [-0.05, 0) is 31.5 Å². The van der Waals surface area contributed by atoms with E-state index in [0.717, 1.165) is 5.56 Å². The van der Waals surface area contributed by atoms with Gasteiger partial charge < -0.3 is 0 Å². The topological polar surface area (TPSA) is 0 Å². The van der Waals surface area contributed by atoms with Crippen molar-refractivity contribution in [1.82, 2.24) is 0 Å². The number of halogens is 2. The number of hydrogen-bond donors (Lipinski definition) is 0. The van der Waals surface area contributed by atoms with E-state index in [1.807, 2.05) is 25.1 Å². The Hall–Kier alpha value is -1.34. The van der Waals surface area contributed by atoms with Gasteiger partial charge in [0.2, 0.25) is 0 Å². The van der Waals surface area contributed by atoms with Gasteiger partial charge in [-0.15, -0.1) is 0 Å². The van der Waals surface area contributed by atoms with Gasteiger partial charge in [0.15, 0.2) is 0 Å². The predicted octanol–water partition coefficient (Wildman–Crippen LogP) is 4.78. The van der Waals surface area contributed by atoms with Crippen LogP contribution in [-0.4, -0.2) is 0 Å². The van der Waals surface area contributed by atoms with Crippen molar-refractivity contribution in [2.75, 3.05) is 0 Å². The van der Waals surface area contributed by atoms with Gasteiger partial charge in [0.1, 0.15) is 5.82 Å². The maximum Gasteiger partial charge on any atom is 0.141 e. The fourth-order valence-corrected chi connectivity index (χ4v) is 1.37. The van der Waals surface area contributed by atoms with Crippen molar-refractivity contribution in [2.24, 2.45) is 0 Å². The Morgan fingerprint density at radius 2 is 1.50 bits per heavy atom. The van der Waals surface area contributed by atoms with Crippen molar-refractivity contribution >= 4 is 11.6 Å². The zero-order valence-corrected chi connectivity index (χ0v) is 10.1. The molecule has 0 atom stereocenters. The molecule has 2 aromatic carbocycles. The highest BCUT2D eigenvalue weighted by molar-refractivity contribution is 6.30. The zero-order chi connectivity index (χ0) is 12.0. The Morgan fingerprint density at radius 3 is 1.88 bits per heavy atom. The second-order valence-corrected chi connectivity index (χ2v) is 3.98. The number of rotatable bonds is 0. The van der Waals surface area contributed by atoms with Gasteiger partial charge in [0, 0.05) is 0 Å². The van der Waals surface area contributed by atoms with Crippen molar-refractivity contribution in [1.29, 1.82) is 0 Å². The molecule has 0 heterocycles. The van der Waals surface area contributed by atoms with Crippen molar-refractivity contribution in [3.05, 3.63) is 70.5 Å². The second kappa shape index (κ2) is 6.29. The van der Waals surface area contributed by atoms with Gasteiger partial charge >= 0.3 is 0 Å². The smallest absolute Gasteiger partial charge is 0.141 e. The SMILES string of the molecule is Cc1ccc(F)c(Cl)c1.Cc1ccccc1. The van der Waals surface area contributed by atoms with Crippen LogP contribution < -0.4 is 0 Å². The van der Waals surface area contributed by atoms with Crippen molar-refractivity contribution in [3.8, 4) is 0 Å². The normalized spacial score (nSPS) is 9.25. The Balaban J connectivity index is 0.000000165. The predicted molar refractivity (Wildman–Crippen MR) is 67.3 cm³/mol. The summed E-state index contributed by atoms with van der Waals surface area (Å²) in [6.45, 7) is 3.95. The molecule has 16 heavy (non-hydrogen) atoms. The van der Waals surface area contributed by atoms with Crippen LogP contribution in [0.1, 0.15) is 11.1 Å². The molecule has 2 rings (SSSR count). The van der Waals surface area contributed by atoms with E-state index >= 15 is 0 Å².